The number of nitrogens with one attached hydrogen (secondary N) is 1. The quantitative estimate of drug-likeness (QED) is 0.899. The summed E-state index contributed by atoms with van der Waals surface area (Å²) in [6.07, 6.45) is 2.59. The molecule has 0 amide bonds. The van der Waals surface area contributed by atoms with E-state index >= 15 is 0 Å². The number of rotatable bonds is 2. The van der Waals surface area contributed by atoms with Crippen LogP contribution in [0.15, 0.2) is 4.99 Å². The minimum Gasteiger partial charge on any atom is -0.347 e. The lowest BCUT2D eigenvalue weighted by Crippen LogP contribution is -2.48. The molecule has 19 heavy (non-hydrogen) atoms. The SMILES string of the molecule is Cc1nnc(C(C)NC2=NCC3CCC(C)CN23)s1. The third-order valence-corrected chi connectivity index (χ3v) is 4.94. The smallest absolute Gasteiger partial charge is 0.194 e. The lowest BCUT2D eigenvalue weighted by molar-refractivity contribution is 0.210. The normalized spacial score (nSPS) is 27.9. The van der Waals surface area contributed by atoms with Crippen molar-refractivity contribution in [2.75, 3.05) is 13.1 Å². The van der Waals surface area contributed by atoms with E-state index in [0.717, 1.165) is 35.0 Å². The highest BCUT2D eigenvalue weighted by atomic mass is 32.1. The first kappa shape index (κ1) is 12.8. The fourth-order valence-electron chi connectivity index (χ4n) is 2.81. The van der Waals surface area contributed by atoms with Crippen LogP contribution in [0.4, 0.5) is 0 Å². The Morgan fingerprint density at radius 1 is 1.37 bits per heavy atom. The molecule has 2 aliphatic heterocycles. The number of piperidine rings is 1. The van der Waals surface area contributed by atoms with Crippen molar-refractivity contribution in [3.05, 3.63) is 10.0 Å². The van der Waals surface area contributed by atoms with E-state index in [4.69, 9.17) is 0 Å². The summed E-state index contributed by atoms with van der Waals surface area (Å²) >= 11 is 1.65. The zero-order valence-electron chi connectivity index (χ0n) is 11.8. The molecule has 5 nitrogen and oxygen atoms in total. The molecule has 0 saturated carbocycles. The van der Waals surface area contributed by atoms with Crippen molar-refractivity contribution < 1.29 is 0 Å². The Hall–Kier alpha value is -1.17. The maximum atomic E-state index is 4.67. The van der Waals surface area contributed by atoms with E-state index in [1.807, 2.05) is 6.92 Å². The summed E-state index contributed by atoms with van der Waals surface area (Å²) in [5.41, 5.74) is 0. The van der Waals surface area contributed by atoms with Gasteiger partial charge in [0.25, 0.3) is 0 Å². The van der Waals surface area contributed by atoms with Gasteiger partial charge in [0.2, 0.25) is 0 Å². The lowest BCUT2D eigenvalue weighted by atomic mass is 9.95. The third-order valence-electron chi connectivity index (χ3n) is 3.92. The second kappa shape index (κ2) is 5.07. The van der Waals surface area contributed by atoms with E-state index in [1.165, 1.54) is 12.8 Å². The van der Waals surface area contributed by atoms with E-state index in [9.17, 15) is 0 Å². The van der Waals surface area contributed by atoms with Gasteiger partial charge in [0.15, 0.2) is 5.96 Å². The first-order valence-corrected chi connectivity index (χ1v) is 7.82. The first-order valence-electron chi connectivity index (χ1n) is 7.01. The molecule has 1 aromatic heterocycles. The molecule has 104 valence electrons. The Balaban J connectivity index is 1.66. The lowest BCUT2D eigenvalue weighted by Gasteiger charge is -2.36. The van der Waals surface area contributed by atoms with Gasteiger partial charge in [-0.1, -0.05) is 18.3 Å². The summed E-state index contributed by atoms with van der Waals surface area (Å²) in [5, 5.41) is 13.9. The van der Waals surface area contributed by atoms with E-state index in [0.29, 0.717) is 6.04 Å². The molecule has 0 spiro atoms. The van der Waals surface area contributed by atoms with Gasteiger partial charge in [0, 0.05) is 6.54 Å². The molecule has 2 aliphatic rings. The van der Waals surface area contributed by atoms with Crippen LogP contribution in [0.2, 0.25) is 0 Å². The second-order valence-electron chi connectivity index (χ2n) is 5.68. The number of aliphatic imine (C=N–C) groups is 1. The zero-order chi connectivity index (χ0) is 13.4. The van der Waals surface area contributed by atoms with Crippen LogP contribution < -0.4 is 5.32 Å². The van der Waals surface area contributed by atoms with Gasteiger partial charge in [0.1, 0.15) is 10.0 Å². The first-order chi connectivity index (χ1) is 9.13. The van der Waals surface area contributed by atoms with Gasteiger partial charge in [-0.15, -0.1) is 10.2 Å². The topological polar surface area (TPSA) is 53.4 Å². The number of aryl methyl sites for hydroxylation is 1. The Labute approximate surface area is 118 Å². The van der Waals surface area contributed by atoms with Crippen LogP contribution in [-0.4, -0.2) is 40.2 Å². The molecule has 1 fully saturated rings. The number of nitrogens with zero attached hydrogens (tertiary/aromatic N) is 4. The van der Waals surface area contributed by atoms with E-state index in [-0.39, 0.29) is 6.04 Å². The van der Waals surface area contributed by atoms with Crippen molar-refractivity contribution in [1.29, 1.82) is 0 Å². The van der Waals surface area contributed by atoms with Gasteiger partial charge in [-0.25, -0.2) is 0 Å². The number of aromatic nitrogens is 2. The molecule has 1 aromatic rings. The second-order valence-corrected chi connectivity index (χ2v) is 6.89. The molecule has 1 N–H and O–H groups in total. The molecule has 0 aliphatic carbocycles. The van der Waals surface area contributed by atoms with Crippen molar-refractivity contribution in [2.24, 2.45) is 10.9 Å². The molecule has 3 heterocycles. The van der Waals surface area contributed by atoms with Crippen molar-refractivity contribution in [3.8, 4) is 0 Å². The van der Waals surface area contributed by atoms with Crippen molar-refractivity contribution in [2.45, 2.75) is 45.7 Å². The van der Waals surface area contributed by atoms with Gasteiger partial charge in [-0.05, 0) is 32.6 Å². The molecule has 3 rings (SSSR count). The molecular formula is C13H21N5S. The average Bonchev–Trinajstić information content (AvgIpc) is 2.97. The number of fused-ring (bicyclic) bond motifs is 1. The van der Waals surface area contributed by atoms with Crippen LogP contribution in [0.25, 0.3) is 0 Å². The Morgan fingerprint density at radius 2 is 2.21 bits per heavy atom. The Morgan fingerprint density at radius 3 is 2.95 bits per heavy atom. The number of hydrogen-bond acceptors (Lipinski definition) is 6. The van der Waals surface area contributed by atoms with Gasteiger partial charge in [-0.2, -0.15) is 0 Å². The van der Waals surface area contributed by atoms with Gasteiger partial charge in [-0.3, -0.25) is 4.99 Å². The van der Waals surface area contributed by atoms with E-state index in [2.05, 4.69) is 39.3 Å². The molecule has 0 aromatic carbocycles. The number of hydrogen-bond donors (Lipinski definition) is 1. The minimum absolute atomic E-state index is 0.181. The van der Waals surface area contributed by atoms with Crippen molar-refractivity contribution >= 4 is 17.3 Å². The molecule has 0 bridgehead atoms. The average molecular weight is 279 g/mol. The summed E-state index contributed by atoms with van der Waals surface area (Å²) in [4.78, 5) is 7.12. The van der Waals surface area contributed by atoms with Crippen molar-refractivity contribution in [1.82, 2.24) is 20.4 Å². The van der Waals surface area contributed by atoms with Crippen molar-refractivity contribution in [3.63, 3.8) is 0 Å². The van der Waals surface area contributed by atoms with Gasteiger partial charge >= 0.3 is 0 Å². The predicted octanol–water partition coefficient (Wildman–Crippen LogP) is 1.97. The molecule has 6 heteroatoms. The van der Waals surface area contributed by atoms with Gasteiger partial charge in [0.05, 0.1) is 18.6 Å². The molecular weight excluding hydrogens is 258 g/mol. The number of guanidine groups is 1. The molecule has 0 radical (unpaired) electrons. The highest BCUT2D eigenvalue weighted by Crippen LogP contribution is 2.26. The monoisotopic (exact) mass is 279 g/mol. The summed E-state index contributed by atoms with van der Waals surface area (Å²) in [5.74, 6) is 1.82. The largest absolute Gasteiger partial charge is 0.347 e. The maximum absolute atomic E-state index is 4.67. The van der Waals surface area contributed by atoms with Crippen LogP contribution in [0, 0.1) is 12.8 Å². The highest BCUT2D eigenvalue weighted by Gasteiger charge is 2.33. The zero-order valence-corrected chi connectivity index (χ0v) is 12.6. The standard InChI is InChI=1S/C13H21N5S/c1-8-4-5-11-6-14-13(18(11)7-8)15-9(2)12-17-16-10(3)19-12/h8-9,11H,4-7H2,1-3H3,(H,14,15). The van der Waals surface area contributed by atoms with E-state index < -0.39 is 0 Å². The van der Waals surface area contributed by atoms with Crippen LogP contribution in [-0.2, 0) is 0 Å². The maximum Gasteiger partial charge on any atom is 0.194 e. The van der Waals surface area contributed by atoms with Crippen LogP contribution in [0.5, 0.6) is 0 Å². The Bertz CT molecular complexity index is 483. The van der Waals surface area contributed by atoms with Gasteiger partial charge < -0.3 is 10.2 Å². The minimum atomic E-state index is 0.181. The van der Waals surface area contributed by atoms with Crippen LogP contribution >= 0.6 is 11.3 Å². The summed E-state index contributed by atoms with van der Waals surface area (Å²) < 4.78 is 0. The fourth-order valence-corrected chi connectivity index (χ4v) is 3.51. The molecule has 1 saturated heterocycles. The van der Waals surface area contributed by atoms with E-state index in [1.54, 1.807) is 11.3 Å². The predicted molar refractivity (Wildman–Crippen MR) is 77.4 cm³/mol. The van der Waals surface area contributed by atoms with Crippen LogP contribution in [0.1, 0.15) is 42.7 Å². The summed E-state index contributed by atoms with van der Waals surface area (Å²) in [6.45, 7) is 8.51. The fraction of sp³-hybridized carbons (Fsp3) is 0.769. The summed E-state index contributed by atoms with van der Waals surface area (Å²) in [6, 6.07) is 0.794. The highest BCUT2D eigenvalue weighted by molar-refractivity contribution is 7.11. The Kier molecular flexibility index (Phi) is 3.43. The molecule has 3 unspecified atom stereocenters. The van der Waals surface area contributed by atoms with Crippen LogP contribution in [0.3, 0.4) is 0 Å². The third kappa shape index (κ3) is 2.59. The molecule has 3 atom stereocenters. The summed E-state index contributed by atoms with van der Waals surface area (Å²) in [7, 11) is 0.